The third-order valence-electron chi connectivity index (χ3n) is 3.62. The quantitative estimate of drug-likeness (QED) is 0.329. The van der Waals surface area contributed by atoms with Crippen LogP contribution in [0.5, 0.6) is 0 Å². The van der Waals surface area contributed by atoms with Crippen LogP contribution in [-0.4, -0.2) is 18.7 Å². The monoisotopic (exact) mass is 356 g/mol. The standard InChI is InChI=1S/C8H10Br2N2O4/c9-7(11(13)14)1-5-2-8(10,12(15)16)4-6(5)3-7/h5-6H,1-4H2. The van der Waals surface area contributed by atoms with E-state index in [9.17, 15) is 20.2 Å². The van der Waals surface area contributed by atoms with Crippen LogP contribution in [0.15, 0.2) is 0 Å². The molecule has 0 heterocycles. The summed E-state index contributed by atoms with van der Waals surface area (Å²) in [6.07, 6.45) is 1.52. The van der Waals surface area contributed by atoms with Crippen LogP contribution in [0.1, 0.15) is 25.7 Å². The van der Waals surface area contributed by atoms with Crippen molar-refractivity contribution in [3.8, 4) is 0 Å². The van der Waals surface area contributed by atoms with Gasteiger partial charge in [-0.05, 0) is 11.8 Å². The second-order valence-electron chi connectivity index (χ2n) is 4.69. The lowest BCUT2D eigenvalue weighted by Gasteiger charge is -2.17. The van der Waals surface area contributed by atoms with Crippen LogP contribution in [0.4, 0.5) is 0 Å². The van der Waals surface area contributed by atoms with Gasteiger partial charge < -0.3 is 0 Å². The molecule has 2 aliphatic carbocycles. The highest BCUT2D eigenvalue weighted by Gasteiger charge is 2.62. The summed E-state index contributed by atoms with van der Waals surface area (Å²) in [5, 5.41) is 21.7. The van der Waals surface area contributed by atoms with Gasteiger partial charge in [0.1, 0.15) is 0 Å². The molecule has 0 aliphatic heterocycles. The molecule has 0 atom stereocenters. The molecule has 2 saturated carbocycles. The third kappa shape index (κ3) is 1.75. The van der Waals surface area contributed by atoms with Gasteiger partial charge in [-0.3, -0.25) is 20.2 Å². The second-order valence-corrected chi connectivity index (χ2v) is 7.64. The Morgan fingerprint density at radius 1 is 0.875 bits per heavy atom. The summed E-state index contributed by atoms with van der Waals surface area (Å²) in [6, 6.07) is 0. The second kappa shape index (κ2) is 3.63. The van der Waals surface area contributed by atoms with Gasteiger partial charge in [-0.2, -0.15) is 0 Å². The minimum absolute atomic E-state index is 0.0644. The van der Waals surface area contributed by atoms with E-state index in [0.29, 0.717) is 25.7 Å². The number of nitrogens with zero attached hydrogens (tertiary/aromatic N) is 2. The third-order valence-corrected chi connectivity index (χ3v) is 5.50. The highest BCUT2D eigenvalue weighted by Crippen LogP contribution is 2.57. The van der Waals surface area contributed by atoms with Crippen LogP contribution in [0.25, 0.3) is 0 Å². The van der Waals surface area contributed by atoms with Crippen molar-refractivity contribution in [1.82, 2.24) is 0 Å². The van der Waals surface area contributed by atoms with E-state index in [4.69, 9.17) is 0 Å². The molecule has 0 saturated heterocycles. The number of nitro groups is 2. The van der Waals surface area contributed by atoms with E-state index in [2.05, 4.69) is 31.9 Å². The molecule has 90 valence electrons. The molecule has 6 nitrogen and oxygen atoms in total. The Kier molecular flexibility index (Phi) is 2.77. The minimum atomic E-state index is -1.06. The maximum absolute atomic E-state index is 10.9. The van der Waals surface area contributed by atoms with E-state index >= 15 is 0 Å². The molecule has 2 rings (SSSR count). The van der Waals surface area contributed by atoms with Gasteiger partial charge in [0.25, 0.3) is 8.90 Å². The summed E-state index contributed by atoms with van der Waals surface area (Å²) in [5.41, 5.74) is 0. The number of rotatable bonds is 2. The van der Waals surface area contributed by atoms with E-state index in [1.807, 2.05) is 0 Å². The van der Waals surface area contributed by atoms with Crippen molar-refractivity contribution in [2.24, 2.45) is 11.8 Å². The first-order valence-electron chi connectivity index (χ1n) is 4.94. The van der Waals surface area contributed by atoms with Crippen LogP contribution < -0.4 is 0 Å². The van der Waals surface area contributed by atoms with Crippen molar-refractivity contribution in [1.29, 1.82) is 0 Å². The predicted octanol–water partition coefficient (Wildman–Crippen LogP) is 2.54. The maximum Gasteiger partial charge on any atom is 0.275 e. The van der Waals surface area contributed by atoms with Gasteiger partial charge in [0.2, 0.25) is 0 Å². The lowest BCUT2D eigenvalue weighted by molar-refractivity contribution is -0.542. The molecule has 0 aromatic rings. The first kappa shape index (κ1) is 12.2. The summed E-state index contributed by atoms with van der Waals surface area (Å²) in [6.45, 7) is 0. The van der Waals surface area contributed by atoms with Crippen molar-refractivity contribution in [2.45, 2.75) is 34.6 Å². The van der Waals surface area contributed by atoms with Gasteiger partial charge >= 0.3 is 0 Å². The predicted molar refractivity (Wildman–Crippen MR) is 62.8 cm³/mol. The van der Waals surface area contributed by atoms with Crippen molar-refractivity contribution < 1.29 is 9.85 Å². The summed E-state index contributed by atoms with van der Waals surface area (Å²) in [4.78, 5) is 21.1. The smallest absolute Gasteiger partial charge is 0.263 e. The largest absolute Gasteiger partial charge is 0.275 e. The lowest BCUT2D eigenvalue weighted by Crippen LogP contribution is -2.33. The number of fused-ring (bicyclic) bond motifs is 1. The number of halogens is 2. The Morgan fingerprint density at radius 3 is 1.31 bits per heavy atom. The first-order chi connectivity index (χ1) is 7.27. The minimum Gasteiger partial charge on any atom is -0.263 e. The van der Waals surface area contributed by atoms with Gasteiger partial charge in [0.15, 0.2) is 0 Å². The fraction of sp³-hybridized carbons (Fsp3) is 1.00. The molecule has 0 bridgehead atoms. The summed E-state index contributed by atoms with van der Waals surface area (Å²) < 4.78 is -2.12. The zero-order valence-corrected chi connectivity index (χ0v) is 11.4. The molecule has 16 heavy (non-hydrogen) atoms. The lowest BCUT2D eigenvalue weighted by atomic mass is 10.0. The molecular formula is C8H10Br2N2O4. The molecule has 2 aliphatic rings. The molecule has 0 radical (unpaired) electrons. The van der Waals surface area contributed by atoms with Crippen molar-refractivity contribution >= 4 is 31.9 Å². The van der Waals surface area contributed by atoms with E-state index in [1.165, 1.54) is 0 Å². The van der Waals surface area contributed by atoms with Crippen molar-refractivity contribution in [3.63, 3.8) is 0 Å². The maximum atomic E-state index is 10.9. The van der Waals surface area contributed by atoms with E-state index in [1.54, 1.807) is 0 Å². The Morgan fingerprint density at radius 2 is 1.12 bits per heavy atom. The SMILES string of the molecule is O=[N+]([O-])C1(Br)CC2CC(Br)([N+](=O)[O-])CC2C1. The summed E-state index contributed by atoms with van der Waals surface area (Å²) >= 11 is 6.31. The van der Waals surface area contributed by atoms with Gasteiger partial charge in [0, 0.05) is 67.4 Å². The Bertz CT molecular complexity index is 316. The average Bonchev–Trinajstić information content (AvgIpc) is 2.57. The highest BCUT2D eigenvalue weighted by atomic mass is 79.9. The molecule has 0 aromatic carbocycles. The fourth-order valence-electron chi connectivity index (χ4n) is 2.88. The fourth-order valence-corrected chi connectivity index (χ4v) is 4.55. The Labute approximate surface area is 108 Å². The van der Waals surface area contributed by atoms with Crippen LogP contribution in [0, 0.1) is 32.1 Å². The normalized spacial score (nSPS) is 46.6. The molecule has 0 unspecified atom stereocenters. The van der Waals surface area contributed by atoms with Crippen LogP contribution in [-0.2, 0) is 0 Å². The van der Waals surface area contributed by atoms with Crippen LogP contribution in [0.3, 0.4) is 0 Å². The topological polar surface area (TPSA) is 86.3 Å². The van der Waals surface area contributed by atoms with E-state index < -0.39 is 8.90 Å². The number of alkyl halides is 2. The van der Waals surface area contributed by atoms with E-state index in [0.717, 1.165) is 0 Å². The van der Waals surface area contributed by atoms with E-state index in [-0.39, 0.29) is 21.7 Å². The summed E-state index contributed by atoms with van der Waals surface area (Å²) in [5.74, 6) is 0.129. The molecule has 0 spiro atoms. The molecule has 8 heteroatoms. The van der Waals surface area contributed by atoms with Gasteiger partial charge in [-0.15, -0.1) is 0 Å². The highest BCUT2D eigenvalue weighted by molar-refractivity contribution is 9.10. The Hall–Kier alpha value is -0.240. The molecule has 0 aromatic heterocycles. The molecule has 2 fully saturated rings. The zero-order valence-electron chi connectivity index (χ0n) is 8.27. The van der Waals surface area contributed by atoms with Crippen LogP contribution in [0.2, 0.25) is 0 Å². The Balaban J connectivity index is 2.12. The number of hydrogen-bond acceptors (Lipinski definition) is 4. The molecule has 0 amide bonds. The summed E-state index contributed by atoms with van der Waals surface area (Å²) in [7, 11) is 0. The van der Waals surface area contributed by atoms with Gasteiger partial charge in [0.05, 0.1) is 0 Å². The first-order valence-corrected chi connectivity index (χ1v) is 6.52. The molecule has 0 N–H and O–H groups in total. The average molecular weight is 358 g/mol. The van der Waals surface area contributed by atoms with Gasteiger partial charge in [-0.1, -0.05) is 0 Å². The van der Waals surface area contributed by atoms with Crippen LogP contribution >= 0.6 is 31.9 Å². The molecular weight excluding hydrogens is 348 g/mol. The van der Waals surface area contributed by atoms with Gasteiger partial charge in [-0.25, -0.2) is 0 Å². The van der Waals surface area contributed by atoms with Crippen molar-refractivity contribution in [2.75, 3.05) is 0 Å². The zero-order chi connectivity index (χ0) is 12.1. The number of hydrogen-bond donors (Lipinski definition) is 0. The van der Waals surface area contributed by atoms with Crippen molar-refractivity contribution in [3.05, 3.63) is 20.2 Å².